The molecule has 0 amide bonds. The van der Waals surface area contributed by atoms with E-state index in [1.807, 2.05) is 0 Å². The number of hydrogen-bond acceptors (Lipinski definition) is 4. The predicted molar refractivity (Wildman–Crippen MR) is 236 cm³/mol. The number of benzene rings is 3. The fraction of sp³-hybridized carbons (Fsp3) is 0.625. The average Bonchev–Trinajstić information content (AvgIpc) is 0.706. The van der Waals surface area contributed by atoms with Gasteiger partial charge in [0, 0.05) is 19.3 Å². The average molecular weight is 1660 g/mol. The quantitative estimate of drug-likeness (QED) is 0.0450. The molecule has 0 spiro atoms. The second-order valence-corrected chi connectivity index (χ2v) is 22.5. The topological polar surface area (TPSA) is 44.8 Å². The van der Waals surface area contributed by atoms with Gasteiger partial charge in [-0.2, -0.15) is 228 Å². The Morgan fingerprint density at radius 1 is 0.192 bits per heavy atom. The van der Waals surface area contributed by atoms with Gasteiger partial charge in [-0.05, 0) is 72.4 Å². The van der Waals surface area contributed by atoms with Crippen LogP contribution >= 0.6 is 7.82 Å². The van der Waals surface area contributed by atoms with Crippen LogP contribution < -0.4 is 13.6 Å². The molecule has 3 aromatic rings. The van der Waals surface area contributed by atoms with Crippen LogP contribution in [0.5, 0.6) is 17.2 Å². The molecule has 56 heteroatoms. The summed E-state index contributed by atoms with van der Waals surface area (Å²) in [6.07, 6.45) is -40.0. The van der Waals surface area contributed by atoms with E-state index in [-0.39, 0.29) is 72.8 Å². The highest BCUT2D eigenvalue weighted by Crippen LogP contribution is 2.69. The summed E-state index contributed by atoms with van der Waals surface area (Å²) in [5.74, 6) is -183. The molecule has 0 fully saturated rings. The molecule has 0 aromatic heterocycles. The number of aryl methyl sites for hydroxylation is 3. The molecule has 0 radical (unpaired) electrons. The maximum Gasteiger partial charge on any atom is 0.647 e. The third-order valence-corrected chi connectivity index (χ3v) is 15.3. The third-order valence-electron chi connectivity index (χ3n) is 14.0. The maximum atomic E-state index is 14.7. The lowest BCUT2D eigenvalue weighted by atomic mass is 9.87. The lowest BCUT2D eigenvalue weighted by Crippen LogP contribution is -2.74. The summed E-state index contributed by atoms with van der Waals surface area (Å²) < 4.78 is 730. The summed E-state index contributed by atoms with van der Waals surface area (Å²) in [5, 5.41) is 0. The molecule has 602 valence electrons. The number of rotatable bonds is 33. The SMILES string of the molecule is O=P(Oc1ccc(CCC(F)(F)C(F)(F)C(F)(F)C(F)(F)C(F)(F)C(F)(F)C(F)(F)C(F)(F)F)cc1)(Oc1ccc(CCC(F)(F)C(F)(F)C(F)(F)C(F)(F)C(F)(F)C(F)(F)C(F)(F)C(F)(F)F)cc1)Oc1ccc(CCC(F)(F)C(F)(F)C(F)(F)C(F)(F)C(F)(F)C(F)(F)C(F)(F)C(F)(F)F)cc1. The van der Waals surface area contributed by atoms with Gasteiger partial charge in [0.05, 0.1) is 0 Å². The first-order chi connectivity index (χ1) is 45.2. The Hall–Kier alpha value is -6.28. The van der Waals surface area contributed by atoms with E-state index >= 15 is 0 Å². The van der Waals surface area contributed by atoms with Crippen molar-refractivity contribution in [2.75, 3.05) is 0 Å². The van der Waals surface area contributed by atoms with Crippen molar-refractivity contribution in [2.45, 2.75) is 181 Å². The van der Waals surface area contributed by atoms with E-state index in [0.29, 0.717) is 0 Å². The minimum atomic E-state index is -9.05. The number of alkyl halides is 51. The Morgan fingerprint density at radius 3 is 0.452 bits per heavy atom. The van der Waals surface area contributed by atoms with Crippen molar-refractivity contribution in [1.82, 2.24) is 0 Å². The van der Waals surface area contributed by atoms with Crippen LogP contribution in [-0.2, 0) is 23.8 Å². The van der Waals surface area contributed by atoms with Gasteiger partial charge in [0.25, 0.3) is 0 Å². The fourth-order valence-corrected chi connectivity index (χ4v) is 8.81. The molecular formula is C48H24F51O4P. The Morgan fingerprint density at radius 2 is 0.317 bits per heavy atom. The van der Waals surface area contributed by atoms with Gasteiger partial charge in [0.1, 0.15) is 17.2 Å². The molecule has 0 N–H and O–H groups in total. The van der Waals surface area contributed by atoms with Crippen LogP contribution in [0.25, 0.3) is 0 Å². The van der Waals surface area contributed by atoms with Crippen molar-refractivity contribution in [3.8, 4) is 17.2 Å². The lowest BCUT2D eigenvalue weighted by Gasteiger charge is -2.42. The summed E-state index contributed by atoms with van der Waals surface area (Å²) in [7, 11) is -6.16. The minimum Gasteiger partial charge on any atom is -0.386 e. The largest absolute Gasteiger partial charge is 0.647 e. The highest BCUT2D eigenvalue weighted by molar-refractivity contribution is 7.49. The molecule has 4 nitrogen and oxygen atoms in total. The smallest absolute Gasteiger partial charge is 0.386 e. The van der Waals surface area contributed by atoms with Crippen molar-refractivity contribution in [1.29, 1.82) is 0 Å². The van der Waals surface area contributed by atoms with Crippen LogP contribution in [0.2, 0.25) is 0 Å². The molecule has 0 bridgehead atoms. The van der Waals surface area contributed by atoms with Gasteiger partial charge in [-0.25, -0.2) is 0 Å². The Balaban J connectivity index is 2.09. The summed E-state index contributed by atoms with van der Waals surface area (Å²) in [4.78, 5) is 0. The number of phosphoric acid groups is 1. The predicted octanol–water partition coefficient (Wildman–Crippen LogP) is 23.2. The molecule has 0 aliphatic rings. The van der Waals surface area contributed by atoms with Crippen molar-refractivity contribution < 1.29 is 242 Å². The molecule has 0 heterocycles. The van der Waals surface area contributed by atoms with Crippen molar-refractivity contribution in [3.05, 3.63) is 89.5 Å². The van der Waals surface area contributed by atoms with Crippen LogP contribution in [0.1, 0.15) is 36.0 Å². The van der Waals surface area contributed by atoms with Gasteiger partial charge >= 0.3 is 151 Å². The van der Waals surface area contributed by atoms with Crippen LogP contribution in [-0.4, -0.2) is 143 Å². The summed E-state index contributed by atoms with van der Waals surface area (Å²) in [6, 6.07) is 1.38. The zero-order valence-corrected chi connectivity index (χ0v) is 48.4. The van der Waals surface area contributed by atoms with Crippen molar-refractivity contribution in [2.24, 2.45) is 0 Å². The van der Waals surface area contributed by atoms with Crippen LogP contribution in [0.15, 0.2) is 72.8 Å². The molecule has 0 saturated carbocycles. The number of hydrogen-bond donors (Lipinski definition) is 0. The molecule has 3 aromatic carbocycles. The van der Waals surface area contributed by atoms with Gasteiger partial charge in [0.2, 0.25) is 0 Å². The van der Waals surface area contributed by atoms with Gasteiger partial charge in [-0.3, -0.25) is 0 Å². The molecular weight excluding hydrogens is 1640 g/mol. The lowest BCUT2D eigenvalue weighted by molar-refractivity contribution is -0.461. The van der Waals surface area contributed by atoms with Gasteiger partial charge < -0.3 is 13.6 Å². The van der Waals surface area contributed by atoms with Crippen LogP contribution in [0.3, 0.4) is 0 Å². The second-order valence-electron chi connectivity index (χ2n) is 21.1. The maximum absolute atomic E-state index is 14.7. The fourth-order valence-electron chi connectivity index (χ4n) is 7.56. The Labute approximate surface area is 538 Å². The third kappa shape index (κ3) is 14.2. The highest BCUT2D eigenvalue weighted by Gasteiger charge is 2.98. The normalized spacial score (nSPS) is 15.9. The van der Waals surface area contributed by atoms with Crippen LogP contribution in [0.4, 0.5) is 224 Å². The van der Waals surface area contributed by atoms with Crippen molar-refractivity contribution in [3.63, 3.8) is 0 Å². The first-order valence-corrected chi connectivity index (χ1v) is 26.8. The summed E-state index contributed by atoms with van der Waals surface area (Å²) >= 11 is 0. The zero-order chi connectivity index (χ0) is 82.8. The molecule has 0 aliphatic heterocycles. The molecule has 3 rings (SSSR count). The molecule has 104 heavy (non-hydrogen) atoms. The molecule has 0 saturated heterocycles. The summed E-state index contributed by atoms with van der Waals surface area (Å²) in [5.41, 5.74) is -3.45. The van der Waals surface area contributed by atoms with Crippen LogP contribution in [0, 0.1) is 0 Å². The minimum absolute atomic E-state index is 0.114. The molecule has 0 atom stereocenters. The Kier molecular flexibility index (Phi) is 23.5. The van der Waals surface area contributed by atoms with Gasteiger partial charge in [-0.15, -0.1) is 0 Å². The van der Waals surface area contributed by atoms with E-state index in [9.17, 15) is 228 Å². The van der Waals surface area contributed by atoms with E-state index < -0.39 is 223 Å². The van der Waals surface area contributed by atoms with Gasteiger partial charge in [0.15, 0.2) is 0 Å². The van der Waals surface area contributed by atoms with E-state index in [0.717, 1.165) is 0 Å². The number of phosphoric ester groups is 1. The first kappa shape index (κ1) is 91.9. The second kappa shape index (κ2) is 26.5. The summed E-state index contributed by atoms with van der Waals surface area (Å²) in [6.45, 7) is 0. The standard InChI is InChI=1S/C48H24F51O4P/c49-25(50,28(55,56)31(61,62)34(67,68)37(73,74)40(79,80)43(85,86)46(91,92)93)16-13-19-1-7-22(8-2-19)101-104(100,102-23-9-3-20(4-10-23)14-17-26(51,52)29(57,58)32(63,64)35(69,70)38(75,76)41(81,82)44(87,88)47(94,95)96)103-24-11-5-21(6-12-24)15-18-27(53,54)30(59,60)33(65,66)36(71,72)39(77,78)42(83,84)45(89,90)48(97,98)99/h1-12H,13-18H2. The molecule has 0 unspecified atom stereocenters. The van der Waals surface area contributed by atoms with E-state index in [4.69, 9.17) is 13.6 Å². The number of halogens is 51. The van der Waals surface area contributed by atoms with E-state index in [1.54, 1.807) is 0 Å². The highest BCUT2D eigenvalue weighted by atomic mass is 31.2. The first-order valence-electron chi connectivity index (χ1n) is 25.3. The van der Waals surface area contributed by atoms with E-state index in [2.05, 4.69) is 0 Å². The van der Waals surface area contributed by atoms with Crippen molar-refractivity contribution >= 4 is 7.82 Å². The monoisotopic (exact) mass is 1660 g/mol. The van der Waals surface area contributed by atoms with Gasteiger partial charge in [-0.1, -0.05) is 36.4 Å². The molecule has 0 aliphatic carbocycles. The Bertz CT molecular complexity index is 3130. The zero-order valence-electron chi connectivity index (χ0n) is 47.5. The van der Waals surface area contributed by atoms with E-state index in [1.165, 1.54) is 0 Å².